The summed E-state index contributed by atoms with van der Waals surface area (Å²) in [6.45, 7) is 0. The van der Waals surface area contributed by atoms with Crippen molar-refractivity contribution in [2.24, 2.45) is 0 Å². The molecule has 2 aromatic heterocycles. The average molecular weight is 546 g/mol. The first kappa shape index (κ1) is 24.7. The third-order valence-electron chi connectivity index (χ3n) is 5.39. The second kappa shape index (κ2) is 11.0. The van der Waals surface area contributed by atoms with Gasteiger partial charge in [0.05, 0.1) is 21.9 Å². The van der Waals surface area contributed by atoms with E-state index in [1.165, 1.54) is 29.2 Å². The van der Waals surface area contributed by atoms with Crippen molar-refractivity contribution in [2.75, 3.05) is 16.4 Å². The number of thiazole rings is 1. The van der Waals surface area contributed by atoms with E-state index in [1.807, 2.05) is 35.0 Å². The maximum atomic E-state index is 13.0. The fourth-order valence-electron chi connectivity index (χ4n) is 3.71. The fraction of sp³-hybridized carbons (Fsp3) is 0.0370. The second-order valence-electron chi connectivity index (χ2n) is 7.84. The summed E-state index contributed by atoms with van der Waals surface area (Å²) in [5.74, 6) is -1.42. The third kappa shape index (κ3) is 5.72. The highest BCUT2D eigenvalue weighted by atomic mass is 32.2. The zero-order chi connectivity index (χ0) is 25.8. The molecule has 0 aliphatic rings. The van der Waals surface area contributed by atoms with Crippen LogP contribution in [0.1, 0.15) is 20.7 Å². The Labute approximate surface area is 224 Å². The van der Waals surface area contributed by atoms with E-state index in [-0.39, 0.29) is 22.8 Å². The minimum atomic E-state index is -1.09. The van der Waals surface area contributed by atoms with Crippen molar-refractivity contribution in [3.63, 3.8) is 0 Å². The van der Waals surface area contributed by atoms with Crippen LogP contribution in [0.5, 0.6) is 0 Å². The summed E-state index contributed by atoms with van der Waals surface area (Å²) in [5.41, 5.74) is 1.78. The number of amides is 2. The van der Waals surface area contributed by atoms with Gasteiger partial charge in [-0.15, -0.1) is 34.4 Å². The summed E-state index contributed by atoms with van der Waals surface area (Å²) in [7, 11) is 0. The minimum absolute atomic E-state index is 0.0776. The van der Waals surface area contributed by atoms with Crippen molar-refractivity contribution in [3.8, 4) is 10.6 Å². The summed E-state index contributed by atoms with van der Waals surface area (Å²) in [4.78, 5) is 43.4. The Kier molecular flexibility index (Phi) is 7.31. The lowest BCUT2D eigenvalue weighted by Crippen LogP contribution is -2.14. The molecule has 0 saturated heterocycles. The summed E-state index contributed by atoms with van der Waals surface area (Å²) in [6.07, 6.45) is 0. The van der Waals surface area contributed by atoms with Crippen LogP contribution in [0.25, 0.3) is 21.3 Å². The normalized spacial score (nSPS) is 10.8. The van der Waals surface area contributed by atoms with Gasteiger partial charge in [-0.1, -0.05) is 30.3 Å². The smallest absolute Gasteiger partial charge is 0.336 e. The predicted octanol–water partition coefficient (Wildman–Crippen LogP) is 6.71. The highest BCUT2D eigenvalue weighted by molar-refractivity contribution is 8.00. The van der Waals surface area contributed by atoms with E-state index >= 15 is 0 Å². The van der Waals surface area contributed by atoms with Gasteiger partial charge < -0.3 is 15.7 Å². The molecule has 0 aliphatic carbocycles. The van der Waals surface area contributed by atoms with E-state index in [0.717, 1.165) is 15.5 Å². The van der Waals surface area contributed by atoms with Crippen molar-refractivity contribution in [1.82, 2.24) is 4.98 Å². The van der Waals surface area contributed by atoms with Gasteiger partial charge in [0.2, 0.25) is 5.91 Å². The van der Waals surface area contributed by atoms with E-state index in [1.54, 1.807) is 53.8 Å². The Hall–Kier alpha value is -3.99. The Morgan fingerprint density at radius 2 is 1.62 bits per heavy atom. The van der Waals surface area contributed by atoms with Crippen LogP contribution in [0, 0.1) is 0 Å². The van der Waals surface area contributed by atoms with Crippen molar-refractivity contribution >= 4 is 73.8 Å². The monoisotopic (exact) mass is 545 g/mol. The molecule has 0 bridgehead atoms. The van der Waals surface area contributed by atoms with Gasteiger partial charge in [0.25, 0.3) is 5.91 Å². The maximum absolute atomic E-state index is 13.0. The number of thiophene rings is 1. The van der Waals surface area contributed by atoms with E-state index in [9.17, 15) is 19.5 Å². The van der Waals surface area contributed by atoms with Gasteiger partial charge in [-0.2, -0.15) is 0 Å². The second-order valence-corrected chi connectivity index (χ2v) is 10.7. The molecule has 10 heteroatoms. The maximum Gasteiger partial charge on any atom is 0.336 e. The SMILES string of the molecule is O=C(CSc1ccc(NC(=O)c2cccc3cccc(C(=O)O)c23)cc1)Nc1nc(-c2cccs2)cs1. The number of fused-ring (bicyclic) bond motifs is 1. The van der Waals surface area contributed by atoms with Gasteiger partial charge in [0, 0.05) is 26.9 Å². The van der Waals surface area contributed by atoms with Gasteiger partial charge in [-0.3, -0.25) is 9.59 Å². The Bertz CT molecular complexity index is 1590. The molecule has 0 saturated carbocycles. The number of aromatic carboxylic acids is 1. The van der Waals surface area contributed by atoms with Crippen LogP contribution < -0.4 is 10.6 Å². The van der Waals surface area contributed by atoms with E-state index in [2.05, 4.69) is 15.6 Å². The minimum Gasteiger partial charge on any atom is -0.478 e. The topological polar surface area (TPSA) is 108 Å². The third-order valence-corrected chi connectivity index (χ3v) is 8.05. The number of nitrogens with one attached hydrogen (secondary N) is 2. The summed E-state index contributed by atoms with van der Waals surface area (Å²) in [6, 6.07) is 21.1. The van der Waals surface area contributed by atoms with Crippen LogP contribution >= 0.6 is 34.4 Å². The summed E-state index contributed by atoms with van der Waals surface area (Å²) >= 11 is 4.36. The highest BCUT2D eigenvalue weighted by Gasteiger charge is 2.17. The van der Waals surface area contributed by atoms with Crippen LogP contribution in [-0.2, 0) is 4.79 Å². The number of carboxylic acid groups (broad SMARTS) is 1. The van der Waals surface area contributed by atoms with Gasteiger partial charge in [0.1, 0.15) is 0 Å². The number of hydrogen-bond acceptors (Lipinski definition) is 7. The number of aromatic nitrogens is 1. The molecule has 3 N–H and O–H groups in total. The molecule has 184 valence electrons. The molecule has 2 amide bonds. The number of carboxylic acids is 1. The predicted molar refractivity (Wildman–Crippen MR) is 150 cm³/mol. The van der Waals surface area contributed by atoms with Gasteiger partial charge in [-0.25, -0.2) is 9.78 Å². The molecule has 2 heterocycles. The van der Waals surface area contributed by atoms with Gasteiger partial charge in [-0.05, 0) is 53.2 Å². The Morgan fingerprint density at radius 3 is 2.32 bits per heavy atom. The summed E-state index contributed by atoms with van der Waals surface area (Å²) in [5, 5.41) is 20.8. The standard InChI is InChI=1S/C27H19N3O4S3/c31-23(30-27-29-21(14-37-27)22-8-3-13-35-22)15-36-18-11-9-17(10-12-18)28-25(32)19-6-1-4-16-5-2-7-20(24(16)19)26(33)34/h1-14H,15H2,(H,28,32)(H,33,34)(H,29,30,31). The number of carbonyl (C=O) groups excluding carboxylic acids is 2. The molecule has 0 unspecified atom stereocenters. The van der Waals surface area contributed by atoms with Crippen molar-refractivity contribution in [2.45, 2.75) is 4.90 Å². The van der Waals surface area contributed by atoms with Crippen LogP contribution in [0.15, 0.2) is 88.5 Å². The van der Waals surface area contributed by atoms with Crippen LogP contribution in [-0.4, -0.2) is 33.6 Å². The van der Waals surface area contributed by atoms with Crippen LogP contribution in [0.4, 0.5) is 10.8 Å². The Morgan fingerprint density at radius 1 is 0.865 bits per heavy atom. The molecular formula is C27H19N3O4S3. The largest absolute Gasteiger partial charge is 0.478 e. The number of thioether (sulfide) groups is 1. The van der Waals surface area contributed by atoms with Crippen molar-refractivity contribution < 1.29 is 19.5 Å². The lowest BCUT2D eigenvalue weighted by Gasteiger charge is -2.11. The number of nitrogens with zero attached hydrogens (tertiary/aromatic N) is 1. The summed E-state index contributed by atoms with van der Waals surface area (Å²) < 4.78 is 0. The zero-order valence-electron chi connectivity index (χ0n) is 19.1. The molecule has 0 aliphatic heterocycles. The highest BCUT2D eigenvalue weighted by Crippen LogP contribution is 2.29. The molecule has 37 heavy (non-hydrogen) atoms. The number of carbonyl (C=O) groups is 3. The van der Waals surface area contributed by atoms with Gasteiger partial charge >= 0.3 is 5.97 Å². The molecule has 0 atom stereocenters. The first-order valence-electron chi connectivity index (χ1n) is 11.1. The van der Waals surface area contributed by atoms with Crippen molar-refractivity contribution in [3.05, 3.63) is 94.7 Å². The van der Waals surface area contributed by atoms with Gasteiger partial charge in [0.15, 0.2) is 5.13 Å². The number of benzene rings is 3. The quantitative estimate of drug-likeness (QED) is 0.187. The number of hydrogen-bond donors (Lipinski definition) is 3. The van der Waals surface area contributed by atoms with E-state index in [0.29, 0.717) is 21.6 Å². The average Bonchev–Trinajstić information content (AvgIpc) is 3.60. The molecule has 7 nitrogen and oxygen atoms in total. The Balaban J connectivity index is 1.19. The first-order chi connectivity index (χ1) is 18.0. The molecule has 0 spiro atoms. The first-order valence-corrected chi connectivity index (χ1v) is 13.8. The molecular weight excluding hydrogens is 527 g/mol. The van der Waals surface area contributed by atoms with E-state index in [4.69, 9.17) is 0 Å². The fourth-order valence-corrected chi connectivity index (χ4v) is 5.90. The number of rotatable bonds is 8. The van der Waals surface area contributed by atoms with Crippen molar-refractivity contribution in [1.29, 1.82) is 0 Å². The lowest BCUT2D eigenvalue weighted by atomic mass is 9.98. The molecule has 0 radical (unpaired) electrons. The molecule has 3 aromatic carbocycles. The van der Waals surface area contributed by atoms with Crippen LogP contribution in [0.2, 0.25) is 0 Å². The van der Waals surface area contributed by atoms with Crippen LogP contribution in [0.3, 0.4) is 0 Å². The molecule has 0 fully saturated rings. The zero-order valence-corrected chi connectivity index (χ0v) is 21.6. The molecule has 5 rings (SSSR count). The lowest BCUT2D eigenvalue weighted by molar-refractivity contribution is -0.113. The van der Waals surface area contributed by atoms with E-state index < -0.39 is 11.9 Å². The molecule has 5 aromatic rings. The number of anilines is 2.